The van der Waals surface area contributed by atoms with Crippen LogP contribution in [0.3, 0.4) is 0 Å². The van der Waals surface area contributed by atoms with Gasteiger partial charge in [-0.25, -0.2) is 4.79 Å². The summed E-state index contributed by atoms with van der Waals surface area (Å²) in [5.41, 5.74) is 0. The van der Waals surface area contributed by atoms with Crippen LogP contribution < -0.4 is 0 Å². The third-order valence-corrected chi connectivity index (χ3v) is 2.30. The molecule has 0 fully saturated rings. The quantitative estimate of drug-likeness (QED) is 0.504. The van der Waals surface area contributed by atoms with Gasteiger partial charge in [0.05, 0.1) is 0 Å². The zero-order chi connectivity index (χ0) is 8.97. The van der Waals surface area contributed by atoms with Crippen LogP contribution >= 0.6 is 0 Å². The van der Waals surface area contributed by atoms with Crippen LogP contribution in [0, 0.1) is 11.8 Å². The molecule has 66 valence electrons. The van der Waals surface area contributed by atoms with E-state index in [0.717, 1.165) is 12.8 Å². The van der Waals surface area contributed by atoms with Crippen molar-refractivity contribution >= 4 is 5.97 Å². The Morgan fingerprint density at radius 3 is 2.75 bits per heavy atom. The monoisotopic (exact) mass is 166 g/mol. The first-order chi connectivity index (χ1) is 5.70. The molecule has 0 aromatic rings. The Bertz CT molecular complexity index is 216. The van der Waals surface area contributed by atoms with Gasteiger partial charge in [-0.2, -0.15) is 0 Å². The molecule has 1 N–H and O–H groups in total. The zero-order valence-electron chi connectivity index (χ0n) is 7.23. The van der Waals surface area contributed by atoms with Crippen molar-refractivity contribution in [2.24, 2.45) is 11.8 Å². The largest absolute Gasteiger partial charge is 0.478 e. The van der Waals surface area contributed by atoms with Crippen molar-refractivity contribution in [1.29, 1.82) is 0 Å². The molecule has 12 heavy (non-hydrogen) atoms. The van der Waals surface area contributed by atoms with E-state index in [1.54, 1.807) is 6.08 Å². The Morgan fingerprint density at radius 1 is 1.50 bits per heavy atom. The fourth-order valence-corrected chi connectivity index (χ4v) is 1.45. The van der Waals surface area contributed by atoms with Gasteiger partial charge in [-0.1, -0.05) is 25.2 Å². The minimum absolute atomic E-state index is 0.408. The Balaban J connectivity index is 2.51. The minimum atomic E-state index is -0.850. The number of aliphatic carboxylic acids is 1. The van der Waals surface area contributed by atoms with Gasteiger partial charge in [-0.3, -0.25) is 0 Å². The summed E-state index contributed by atoms with van der Waals surface area (Å²) >= 11 is 0. The van der Waals surface area contributed by atoms with E-state index in [4.69, 9.17) is 5.11 Å². The lowest BCUT2D eigenvalue weighted by Gasteiger charge is -2.21. The average molecular weight is 166 g/mol. The fraction of sp³-hybridized carbons (Fsp3) is 0.500. The number of hydrogen-bond donors (Lipinski definition) is 1. The van der Waals surface area contributed by atoms with Crippen LogP contribution in [0.1, 0.15) is 19.8 Å². The van der Waals surface area contributed by atoms with Crippen molar-refractivity contribution in [2.45, 2.75) is 19.8 Å². The van der Waals surface area contributed by atoms with Gasteiger partial charge in [-0.15, -0.1) is 0 Å². The third-order valence-electron chi connectivity index (χ3n) is 2.30. The molecular formula is C10H14O2. The maximum atomic E-state index is 10.2. The number of hydrogen-bond acceptors (Lipinski definition) is 1. The van der Waals surface area contributed by atoms with Crippen LogP contribution in [0.15, 0.2) is 24.3 Å². The van der Waals surface area contributed by atoms with E-state index in [9.17, 15) is 4.79 Å². The Kier molecular flexibility index (Phi) is 3.09. The summed E-state index contributed by atoms with van der Waals surface area (Å²) in [5, 5.41) is 8.43. The predicted molar refractivity (Wildman–Crippen MR) is 47.8 cm³/mol. The van der Waals surface area contributed by atoms with E-state index < -0.39 is 5.97 Å². The van der Waals surface area contributed by atoms with Gasteiger partial charge < -0.3 is 5.11 Å². The summed E-state index contributed by atoms with van der Waals surface area (Å²) in [6, 6.07) is 0. The molecule has 2 heteroatoms. The summed E-state index contributed by atoms with van der Waals surface area (Å²) in [6.45, 7) is 2.15. The van der Waals surface area contributed by atoms with Crippen molar-refractivity contribution in [1.82, 2.24) is 0 Å². The van der Waals surface area contributed by atoms with Gasteiger partial charge in [0.15, 0.2) is 0 Å². The first kappa shape index (κ1) is 9.04. The topological polar surface area (TPSA) is 37.3 Å². The molecule has 0 radical (unpaired) electrons. The fourth-order valence-electron chi connectivity index (χ4n) is 1.45. The van der Waals surface area contributed by atoms with Crippen LogP contribution in [0.25, 0.3) is 0 Å². The Morgan fingerprint density at radius 2 is 2.17 bits per heavy atom. The normalized spacial score (nSPS) is 29.4. The second kappa shape index (κ2) is 4.10. The molecule has 0 saturated heterocycles. The first-order valence-electron chi connectivity index (χ1n) is 4.26. The number of rotatable bonds is 2. The molecule has 2 unspecified atom stereocenters. The average Bonchev–Trinajstić information content (AvgIpc) is 2.03. The molecule has 0 aliphatic heterocycles. The van der Waals surface area contributed by atoms with Crippen molar-refractivity contribution in [3.8, 4) is 0 Å². The number of carboxylic acid groups (broad SMARTS) is 1. The summed E-state index contributed by atoms with van der Waals surface area (Å²) in [7, 11) is 0. The molecule has 0 aromatic carbocycles. The molecule has 1 rings (SSSR count). The highest BCUT2D eigenvalue weighted by Gasteiger charge is 2.14. The van der Waals surface area contributed by atoms with Gasteiger partial charge in [0.1, 0.15) is 0 Å². The van der Waals surface area contributed by atoms with Gasteiger partial charge >= 0.3 is 5.97 Å². The summed E-state index contributed by atoms with van der Waals surface area (Å²) < 4.78 is 0. The van der Waals surface area contributed by atoms with E-state index in [1.165, 1.54) is 6.08 Å². The highest BCUT2D eigenvalue weighted by Crippen LogP contribution is 2.25. The molecule has 0 saturated carbocycles. The summed E-state index contributed by atoms with van der Waals surface area (Å²) in [4.78, 5) is 10.2. The summed E-state index contributed by atoms with van der Waals surface area (Å²) in [6.07, 6.45) is 9.38. The molecule has 2 atom stereocenters. The standard InChI is InChI=1S/C10H14O2/c1-8-4-2-3-5-9(8)6-7-10(11)12/h2-3,6-9H,4-5H2,1H3,(H,11,12). The minimum Gasteiger partial charge on any atom is -0.478 e. The highest BCUT2D eigenvalue weighted by molar-refractivity contribution is 5.79. The van der Waals surface area contributed by atoms with Gasteiger partial charge in [0.2, 0.25) is 0 Å². The molecule has 0 bridgehead atoms. The number of allylic oxidation sites excluding steroid dienone is 3. The Hall–Kier alpha value is -1.05. The zero-order valence-corrected chi connectivity index (χ0v) is 7.23. The molecule has 2 nitrogen and oxygen atoms in total. The molecule has 0 amide bonds. The third kappa shape index (κ3) is 2.53. The molecule has 0 aromatic heterocycles. The van der Waals surface area contributed by atoms with Crippen molar-refractivity contribution in [2.75, 3.05) is 0 Å². The second-order valence-corrected chi connectivity index (χ2v) is 3.28. The van der Waals surface area contributed by atoms with Crippen molar-refractivity contribution in [3.05, 3.63) is 24.3 Å². The van der Waals surface area contributed by atoms with E-state index in [0.29, 0.717) is 11.8 Å². The molecule has 0 spiro atoms. The smallest absolute Gasteiger partial charge is 0.327 e. The van der Waals surface area contributed by atoms with Crippen LogP contribution in [-0.4, -0.2) is 11.1 Å². The predicted octanol–water partition coefficient (Wildman–Crippen LogP) is 2.23. The lowest BCUT2D eigenvalue weighted by Crippen LogP contribution is -2.11. The van der Waals surface area contributed by atoms with Crippen molar-refractivity contribution < 1.29 is 9.90 Å². The van der Waals surface area contributed by atoms with Gasteiger partial charge in [0.25, 0.3) is 0 Å². The lowest BCUT2D eigenvalue weighted by atomic mass is 9.84. The van der Waals surface area contributed by atoms with Crippen molar-refractivity contribution in [3.63, 3.8) is 0 Å². The number of carbonyl (C=O) groups is 1. The van der Waals surface area contributed by atoms with Gasteiger partial charge in [0, 0.05) is 6.08 Å². The van der Waals surface area contributed by atoms with Crippen LogP contribution in [0.4, 0.5) is 0 Å². The van der Waals surface area contributed by atoms with E-state index >= 15 is 0 Å². The lowest BCUT2D eigenvalue weighted by molar-refractivity contribution is -0.131. The molecule has 1 aliphatic rings. The number of carboxylic acids is 1. The maximum absolute atomic E-state index is 10.2. The highest BCUT2D eigenvalue weighted by atomic mass is 16.4. The molecule has 1 aliphatic carbocycles. The SMILES string of the molecule is CC1CC=CCC1C=CC(=O)O. The maximum Gasteiger partial charge on any atom is 0.327 e. The summed E-state index contributed by atoms with van der Waals surface area (Å²) in [5.74, 6) is 0.133. The van der Waals surface area contributed by atoms with Crippen LogP contribution in [0.2, 0.25) is 0 Å². The van der Waals surface area contributed by atoms with Crippen LogP contribution in [-0.2, 0) is 4.79 Å². The second-order valence-electron chi connectivity index (χ2n) is 3.28. The van der Waals surface area contributed by atoms with Crippen LogP contribution in [0.5, 0.6) is 0 Å². The molecule has 0 heterocycles. The van der Waals surface area contributed by atoms with Gasteiger partial charge in [-0.05, 0) is 24.7 Å². The Labute approximate surface area is 72.6 Å². The first-order valence-corrected chi connectivity index (χ1v) is 4.26. The van der Waals surface area contributed by atoms with E-state index in [2.05, 4.69) is 19.1 Å². The van der Waals surface area contributed by atoms with E-state index in [1.807, 2.05) is 0 Å². The van der Waals surface area contributed by atoms with E-state index in [-0.39, 0.29) is 0 Å². The molecular weight excluding hydrogens is 152 g/mol.